The van der Waals surface area contributed by atoms with Crippen LogP contribution in [0.25, 0.3) is 0 Å². The molecule has 2 aliphatic heterocycles. The number of fused-ring (bicyclic) bond motifs is 1. The van der Waals surface area contributed by atoms with E-state index in [2.05, 4.69) is 42.3 Å². The van der Waals surface area contributed by atoms with E-state index < -0.39 is 0 Å². The normalized spacial score (nSPS) is 28.3. The van der Waals surface area contributed by atoms with Crippen molar-refractivity contribution in [2.75, 3.05) is 26.2 Å². The van der Waals surface area contributed by atoms with Crippen molar-refractivity contribution in [2.45, 2.75) is 26.8 Å². The maximum atomic E-state index is 3.54. The molecule has 0 amide bonds. The SMILES string of the molecule is Cc1ccc(CN2CCC3CNCC3C2)c(C)c1. The average Bonchev–Trinajstić information content (AvgIpc) is 2.80. The van der Waals surface area contributed by atoms with Gasteiger partial charge in [0, 0.05) is 13.1 Å². The molecule has 1 aromatic rings. The van der Waals surface area contributed by atoms with Crippen molar-refractivity contribution in [1.29, 1.82) is 0 Å². The minimum atomic E-state index is 0.893. The quantitative estimate of drug-likeness (QED) is 0.859. The second kappa shape index (κ2) is 5.02. The zero-order chi connectivity index (χ0) is 12.5. The van der Waals surface area contributed by atoms with Crippen molar-refractivity contribution < 1.29 is 0 Å². The van der Waals surface area contributed by atoms with Crippen LogP contribution in [0, 0.1) is 25.7 Å². The van der Waals surface area contributed by atoms with Crippen molar-refractivity contribution in [3.05, 3.63) is 34.9 Å². The molecule has 3 rings (SSSR count). The average molecular weight is 244 g/mol. The van der Waals surface area contributed by atoms with E-state index in [1.54, 1.807) is 0 Å². The van der Waals surface area contributed by atoms with Gasteiger partial charge in [-0.05, 0) is 62.9 Å². The van der Waals surface area contributed by atoms with Gasteiger partial charge in [0.25, 0.3) is 0 Å². The number of likely N-dealkylation sites (tertiary alicyclic amines) is 1. The minimum Gasteiger partial charge on any atom is -0.316 e. The highest BCUT2D eigenvalue weighted by Crippen LogP contribution is 2.27. The Hall–Kier alpha value is -0.860. The van der Waals surface area contributed by atoms with Crippen LogP contribution >= 0.6 is 0 Å². The van der Waals surface area contributed by atoms with E-state index in [9.17, 15) is 0 Å². The lowest BCUT2D eigenvalue weighted by Gasteiger charge is -2.34. The number of piperidine rings is 1. The van der Waals surface area contributed by atoms with E-state index in [0.717, 1.165) is 18.4 Å². The molecule has 2 atom stereocenters. The van der Waals surface area contributed by atoms with Crippen LogP contribution in [0.1, 0.15) is 23.1 Å². The van der Waals surface area contributed by atoms with Gasteiger partial charge in [-0.2, -0.15) is 0 Å². The molecule has 2 nitrogen and oxygen atoms in total. The first-order valence-corrected chi connectivity index (χ1v) is 7.21. The smallest absolute Gasteiger partial charge is 0.0236 e. The van der Waals surface area contributed by atoms with Gasteiger partial charge < -0.3 is 5.32 Å². The molecule has 0 aliphatic carbocycles. The zero-order valence-corrected chi connectivity index (χ0v) is 11.6. The molecule has 2 fully saturated rings. The van der Waals surface area contributed by atoms with Crippen LogP contribution in [-0.2, 0) is 6.54 Å². The van der Waals surface area contributed by atoms with Gasteiger partial charge in [0.1, 0.15) is 0 Å². The van der Waals surface area contributed by atoms with Crippen LogP contribution in [-0.4, -0.2) is 31.1 Å². The molecule has 0 radical (unpaired) electrons. The molecule has 2 heterocycles. The summed E-state index contributed by atoms with van der Waals surface area (Å²) in [6.07, 6.45) is 1.38. The Balaban J connectivity index is 1.66. The van der Waals surface area contributed by atoms with Gasteiger partial charge in [-0.15, -0.1) is 0 Å². The largest absolute Gasteiger partial charge is 0.316 e. The van der Waals surface area contributed by atoms with Crippen LogP contribution in [0.5, 0.6) is 0 Å². The number of rotatable bonds is 2. The lowest BCUT2D eigenvalue weighted by Crippen LogP contribution is -2.39. The molecular weight excluding hydrogens is 220 g/mol. The number of nitrogens with one attached hydrogen (secondary N) is 1. The maximum Gasteiger partial charge on any atom is 0.0236 e. The highest BCUT2D eigenvalue weighted by atomic mass is 15.1. The van der Waals surface area contributed by atoms with Crippen LogP contribution in [0.4, 0.5) is 0 Å². The first-order chi connectivity index (χ1) is 8.72. The maximum absolute atomic E-state index is 3.54. The van der Waals surface area contributed by atoms with E-state index in [1.165, 1.54) is 49.3 Å². The van der Waals surface area contributed by atoms with E-state index in [0.29, 0.717) is 0 Å². The number of aryl methyl sites for hydroxylation is 2. The fourth-order valence-electron chi connectivity index (χ4n) is 3.52. The number of benzene rings is 1. The van der Waals surface area contributed by atoms with E-state index in [-0.39, 0.29) is 0 Å². The van der Waals surface area contributed by atoms with Crippen molar-refractivity contribution in [3.8, 4) is 0 Å². The molecule has 0 bridgehead atoms. The third-order valence-electron chi connectivity index (χ3n) is 4.68. The van der Waals surface area contributed by atoms with Crippen LogP contribution in [0.2, 0.25) is 0 Å². The highest BCUT2D eigenvalue weighted by molar-refractivity contribution is 5.30. The van der Waals surface area contributed by atoms with E-state index >= 15 is 0 Å². The summed E-state index contributed by atoms with van der Waals surface area (Å²) in [4.78, 5) is 2.64. The third-order valence-corrected chi connectivity index (χ3v) is 4.68. The van der Waals surface area contributed by atoms with Gasteiger partial charge in [0.05, 0.1) is 0 Å². The van der Waals surface area contributed by atoms with Crippen LogP contribution in [0.3, 0.4) is 0 Å². The Kier molecular flexibility index (Phi) is 3.40. The van der Waals surface area contributed by atoms with Gasteiger partial charge in [0.2, 0.25) is 0 Å². The number of hydrogen-bond acceptors (Lipinski definition) is 2. The fourth-order valence-corrected chi connectivity index (χ4v) is 3.52. The topological polar surface area (TPSA) is 15.3 Å². The molecule has 0 aromatic heterocycles. The van der Waals surface area contributed by atoms with Gasteiger partial charge in [0.15, 0.2) is 0 Å². The molecule has 0 spiro atoms. The molecule has 2 heteroatoms. The second-order valence-corrected chi connectivity index (χ2v) is 6.13. The molecule has 18 heavy (non-hydrogen) atoms. The summed E-state index contributed by atoms with van der Waals surface area (Å²) >= 11 is 0. The Morgan fingerprint density at radius 2 is 2.06 bits per heavy atom. The molecule has 2 aliphatic rings. The minimum absolute atomic E-state index is 0.893. The monoisotopic (exact) mass is 244 g/mol. The Labute approximate surface area is 110 Å². The zero-order valence-electron chi connectivity index (χ0n) is 11.6. The molecule has 2 saturated heterocycles. The van der Waals surface area contributed by atoms with Gasteiger partial charge >= 0.3 is 0 Å². The van der Waals surface area contributed by atoms with Crippen LogP contribution < -0.4 is 5.32 Å². The molecule has 1 N–H and O–H groups in total. The number of hydrogen-bond donors (Lipinski definition) is 1. The van der Waals surface area contributed by atoms with Gasteiger partial charge in [-0.25, -0.2) is 0 Å². The highest BCUT2D eigenvalue weighted by Gasteiger charge is 2.32. The summed E-state index contributed by atoms with van der Waals surface area (Å²) in [7, 11) is 0. The summed E-state index contributed by atoms with van der Waals surface area (Å²) < 4.78 is 0. The summed E-state index contributed by atoms with van der Waals surface area (Å²) in [6.45, 7) is 10.6. The summed E-state index contributed by atoms with van der Waals surface area (Å²) in [5.74, 6) is 1.84. The van der Waals surface area contributed by atoms with E-state index in [1.807, 2.05) is 0 Å². The second-order valence-electron chi connectivity index (χ2n) is 6.13. The summed E-state index contributed by atoms with van der Waals surface area (Å²) in [6, 6.07) is 6.86. The Bertz CT molecular complexity index is 427. The third kappa shape index (κ3) is 2.45. The van der Waals surface area contributed by atoms with Crippen LogP contribution in [0.15, 0.2) is 18.2 Å². The summed E-state index contributed by atoms with van der Waals surface area (Å²) in [5, 5.41) is 3.54. The first-order valence-electron chi connectivity index (χ1n) is 7.21. The van der Waals surface area contributed by atoms with Gasteiger partial charge in [-0.3, -0.25) is 4.90 Å². The molecule has 2 unspecified atom stereocenters. The molecule has 98 valence electrons. The fraction of sp³-hybridized carbons (Fsp3) is 0.625. The number of nitrogens with zero attached hydrogens (tertiary/aromatic N) is 1. The van der Waals surface area contributed by atoms with Gasteiger partial charge in [-0.1, -0.05) is 23.8 Å². The standard InChI is InChI=1S/C16H24N2/c1-12-3-4-15(13(2)7-12)10-18-6-5-14-8-17-9-16(14)11-18/h3-4,7,14,16-17H,5-6,8-11H2,1-2H3. The Morgan fingerprint density at radius 1 is 1.22 bits per heavy atom. The first kappa shape index (κ1) is 12.2. The van der Waals surface area contributed by atoms with Crippen molar-refractivity contribution >= 4 is 0 Å². The molecule has 1 aromatic carbocycles. The lowest BCUT2D eigenvalue weighted by atomic mass is 9.88. The molecular formula is C16H24N2. The summed E-state index contributed by atoms with van der Waals surface area (Å²) in [5.41, 5.74) is 4.32. The van der Waals surface area contributed by atoms with Crippen molar-refractivity contribution in [3.63, 3.8) is 0 Å². The van der Waals surface area contributed by atoms with E-state index in [4.69, 9.17) is 0 Å². The predicted octanol–water partition coefficient (Wildman–Crippen LogP) is 2.34. The predicted molar refractivity (Wildman–Crippen MR) is 75.7 cm³/mol. The van der Waals surface area contributed by atoms with Crippen molar-refractivity contribution in [2.24, 2.45) is 11.8 Å². The Morgan fingerprint density at radius 3 is 2.89 bits per heavy atom. The molecule has 0 saturated carbocycles. The lowest BCUT2D eigenvalue weighted by molar-refractivity contribution is 0.142. The van der Waals surface area contributed by atoms with Crippen molar-refractivity contribution in [1.82, 2.24) is 10.2 Å².